The summed E-state index contributed by atoms with van der Waals surface area (Å²) in [5, 5.41) is 3.83. The summed E-state index contributed by atoms with van der Waals surface area (Å²) in [5.41, 5.74) is 11.0. The van der Waals surface area contributed by atoms with Crippen LogP contribution in [0.1, 0.15) is 0 Å². The predicted molar refractivity (Wildman–Crippen MR) is 81.2 cm³/mol. The number of halogens is 3. The number of carbonyl (C=O) groups excluding carboxylic acids is 1. The first kappa shape index (κ1) is 16.8. The van der Waals surface area contributed by atoms with E-state index in [9.17, 15) is 18.0 Å². The number of thiazole rings is 1. The van der Waals surface area contributed by atoms with Crippen LogP contribution in [0.4, 0.5) is 24.1 Å². The normalized spacial score (nSPS) is 14.4. The Labute approximate surface area is 133 Å². The van der Waals surface area contributed by atoms with Gasteiger partial charge in [0.15, 0.2) is 5.96 Å². The largest absolute Gasteiger partial charge is 0.471 e. The van der Waals surface area contributed by atoms with Gasteiger partial charge in [0.25, 0.3) is 0 Å². The first-order valence-corrected chi connectivity index (χ1v) is 7.19. The van der Waals surface area contributed by atoms with Crippen LogP contribution >= 0.6 is 11.3 Å². The summed E-state index contributed by atoms with van der Waals surface area (Å²) in [5.74, 6) is -1.66. The van der Waals surface area contributed by atoms with Crippen LogP contribution in [0.15, 0.2) is 34.3 Å². The highest BCUT2D eigenvalue weighted by Crippen LogP contribution is 2.28. The maximum Gasteiger partial charge on any atom is 0.471 e. The molecule has 1 aliphatic rings. The average molecular weight is 346 g/mol. The summed E-state index contributed by atoms with van der Waals surface area (Å²) in [7, 11) is 0. The molecule has 2 heterocycles. The van der Waals surface area contributed by atoms with Crippen LogP contribution in [0.5, 0.6) is 0 Å². The molecule has 0 saturated heterocycles. The van der Waals surface area contributed by atoms with E-state index in [0.717, 1.165) is 0 Å². The monoisotopic (exact) mass is 346 g/mol. The van der Waals surface area contributed by atoms with Gasteiger partial charge in [-0.2, -0.15) is 18.2 Å². The van der Waals surface area contributed by atoms with Crippen molar-refractivity contribution >= 4 is 34.2 Å². The highest BCUT2D eigenvalue weighted by atomic mass is 32.1. The fourth-order valence-electron chi connectivity index (χ4n) is 1.76. The fourth-order valence-corrected chi connectivity index (χ4v) is 2.46. The van der Waals surface area contributed by atoms with Gasteiger partial charge in [0.1, 0.15) is 5.82 Å². The number of alkyl halides is 3. The molecule has 5 N–H and O–H groups in total. The van der Waals surface area contributed by atoms with Gasteiger partial charge in [-0.3, -0.25) is 4.79 Å². The molecule has 0 unspecified atom stereocenters. The van der Waals surface area contributed by atoms with Crippen LogP contribution in [-0.4, -0.2) is 36.1 Å². The maximum absolute atomic E-state index is 12.2. The summed E-state index contributed by atoms with van der Waals surface area (Å²) < 4.78 is 36.7. The highest BCUT2D eigenvalue weighted by Gasteiger charge is 2.38. The number of hydrogen-bond donors (Lipinski definition) is 3. The number of allylic oxidation sites excluding steroid dienone is 2. The molecule has 1 aromatic heterocycles. The van der Waals surface area contributed by atoms with Gasteiger partial charge in [0.2, 0.25) is 5.13 Å². The minimum Gasteiger partial charge on any atom is -0.370 e. The zero-order valence-electron chi connectivity index (χ0n) is 11.7. The molecule has 2 rings (SSSR count). The van der Waals surface area contributed by atoms with Gasteiger partial charge in [-0.1, -0.05) is 12.2 Å². The van der Waals surface area contributed by atoms with E-state index in [1.54, 1.807) is 28.5 Å². The van der Waals surface area contributed by atoms with E-state index in [1.807, 2.05) is 5.32 Å². The van der Waals surface area contributed by atoms with Crippen molar-refractivity contribution in [3.05, 3.63) is 29.3 Å². The number of aliphatic imine (C=N–C) groups is 1. The number of rotatable bonds is 4. The third kappa shape index (κ3) is 4.45. The van der Waals surface area contributed by atoms with Crippen molar-refractivity contribution in [2.45, 2.75) is 6.18 Å². The Morgan fingerprint density at radius 2 is 2.22 bits per heavy atom. The Morgan fingerprint density at radius 3 is 2.87 bits per heavy atom. The lowest BCUT2D eigenvalue weighted by Crippen LogP contribution is -2.40. The molecule has 11 heteroatoms. The molecule has 0 saturated carbocycles. The molecule has 0 bridgehead atoms. The van der Waals surface area contributed by atoms with Gasteiger partial charge in [-0.25, -0.2) is 4.98 Å². The van der Waals surface area contributed by atoms with Crippen molar-refractivity contribution in [1.29, 1.82) is 0 Å². The number of nitrogens with two attached hydrogens (primary N) is 2. The Bertz CT molecular complexity index is 675. The molecule has 0 aliphatic carbocycles. The standard InChI is InChI=1S/C12H13F3N6OS/c13-12(14,15)9(22)18-5-7-3-1-2-4-21(7)8-6-23-11(19-8)20-10(16)17/h1-3,6H,4-5H2,(H,18,22)(H4,16,17,19,20). The first-order valence-electron chi connectivity index (χ1n) is 6.31. The van der Waals surface area contributed by atoms with E-state index in [-0.39, 0.29) is 12.5 Å². The Morgan fingerprint density at radius 1 is 1.48 bits per heavy atom. The lowest BCUT2D eigenvalue weighted by molar-refractivity contribution is -0.173. The Hall–Kier alpha value is -2.56. The van der Waals surface area contributed by atoms with Crippen molar-refractivity contribution in [2.24, 2.45) is 16.5 Å². The zero-order valence-corrected chi connectivity index (χ0v) is 12.5. The smallest absolute Gasteiger partial charge is 0.370 e. The van der Waals surface area contributed by atoms with Crippen molar-refractivity contribution in [2.75, 3.05) is 18.0 Å². The minimum absolute atomic E-state index is 0.141. The first-order chi connectivity index (χ1) is 10.8. The maximum atomic E-state index is 12.2. The van der Waals surface area contributed by atoms with E-state index in [1.165, 1.54) is 11.3 Å². The van der Waals surface area contributed by atoms with Crippen molar-refractivity contribution in [3.63, 3.8) is 0 Å². The molecule has 7 nitrogen and oxygen atoms in total. The third-order valence-electron chi connectivity index (χ3n) is 2.73. The number of aromatic nitrogens is 1. The summed E-state index contributed by atoms with van der Waals surface area (Å²) >= 11 is 1.18. The number of nitrogens with one attached hydrogen (secondary N) is 1. The van der Waals surface area contributed by atoms with E-state index < -0.39 is 12.1 Å². The topological polar surface area (TPSA) is 110 Å². The third-order valence-corrected chi connectivity index (χ3v) is 3.45. The van der Waals surface area contributed by atoms with Crippen LogP contribution in [0, 0.1) is 0 Å². The molecule has 0 radical (unpaired) electrons. The van der Waals surface area contributed by atoms with Crippen LogP contribution in [0.2, 0.25) is 0 Å². The molecule has 1 aromatic rings. The van der Waals surface area contributed by atoms with Gasteiger partial charge in [0.05, 0.1) is 6.54 Å². The lowest BCUT2D eigenvalue weighted by atomic mass is 10.2. The fraction of sp³-hybridized carbons (Fsp3) is 0.250. The van der Waals surface area contributed by atoms with E-state index >= 15 is 0 Å². The zero-order chi connectivity index (χ0) is 17.0. The number of nitrogens with zero attached hydrogens (tertiary/aromatic N) is 3. The molecule has 0 spiro atoms. The predicted octanol–water partition coefficient (Wildman–Crippen LogP) is 0.987. The molecule has 124 valence electrons. The molecular weight excluding hydrogens is 333 g/mol. The number of amides is 1. The Kier molecular flexibility index (Phi) is 4.89. The number of guanidine groups is 1. The molecule has 1 aliphatic heterocycles. The van der Waals surface area contributed by atoms with E-state index in [0.29, 0.717) is 23.2 Å². The molecule has 0 aromatic carbocycles. The molecule has 1 amide bonds. The van der Waals surface area contributed by atoms with Gasteiger partial charge in [-0.05, 0) is 6.08 Å². The highest BCUT2D eigenvalue weighted by molar-refractivity contribution is 7.13. The van der Waals surface area contributed by atoms with Gasteiger partial charge in [0, 0.05) is 17.6 Å². The van der Waals surface area contributed by atoms with Crippen molar-refractivity contribution in [1.82, 2.24) is 10.3 Å². The van der Waals surface area contributed by atoms with E-state index in [4.69, 9.17) is 11.5 Å². The number of hydrogen-bond acceptors (Lipinski definition) is 5. The summed E-state index contributed by atoms with van der Waals surface area (Å²) in [6.07, 6.45) is 0.167. The second-order valence-corrected chi connectivity index (χ2v) is 5.24. The van der Waals surface area contributed by atoms with Crippen LogP contribution in [0.3, 0.4) is 0 Å². The van der Waals surface area contributed by atoms with Gasteiger partial charge >= 0.3 is 12.1 Å². The van der Waals surface area contributed by atoms with E-state index in [2.05, 4.69) is 9.98 Å². The summed E-state index contributed by atoms with van der Waals surface area (Å²) in [4.78, 5) is 20.6. The minimum atomic E-state index is -4.92. The molecule has 0 atom stereocenters. The molecule has 0 fully saturated rings. The van der Waals surface area contributed by atoms with Crippen LogP contribution < -0.4 is 21.7 Å². The van der Waals surface area contributed by atoms with Gasteiger partial charge < -0.3 is 21.7 Å². The lowest BCUT2D eigenvalue weighted by Gasteiger charge is -2.26. The SMILES string of the molecule is NC(N)=Nc1nc(N2CC=CC=C2CNC(=O)C(F)(F)F)cs1. The van der Waals surface area contributed by atoms with Gasteiger partial charge in [-0.15, -0.1) is 11.3 Å². The molecular formula is C12H13F3N6OS. The quantitative estimate of drug-likeness (QED) is 0.556. The van der Waals surface area contributed by atoms with Crippen molar-refractivity contribution in [3.8, 4) is 0 Å². The molecule has 23 heavy (non-hydrogen) atoms. The average Bonchev–Trinajstić information content (AvgIpc) is 2.91. The number of anilines is 1. The summed E-state index contributed by atoms with van der Waals surface area (Å²) in [6, 6.07) is 0. The van der Waals surface area contributed by atoms with Crippen LogP contribution in [-0.2, 0) is 4.79 Å². The Balaban J connectivity index is 2.11. The second kappa shape index (κ2) is 6.69. The second-order valence-electron chi connectivity index (χ2n) is 4.40. The number of carbonyl (C=O) groups is 1. The summed E-state index contributed by atoms with van der Waals surface area (Å²) in [6.45, 7) is 0.122. The van der Waals surface area contributed by atoms with Crippen LogP contribution in [0.25, 0.3) is 0 Å². The van der Waals surface area contributed by atoms with Crippen molar-refractivity contribution < 1.29 is 18.0 Å².